The first-order valence-corrected chi connectivity index (χ1v) is 1.93. The molecule has 0 saturated carbocycles. The molecule has 0 aliphatic carbocycles. The Morgan fingerprint density at radius 1 is 1.71 bits per heavy atom. The number of carbonyl (C=O) groups is 1. The molecule has 0 aliphatic rings. The first-order chi connectivity index (χ1) is 3.27. The van der Waals surface area contributed by atoms with E-state index in [1.807, 2.05) is 0 Å². The van der Waals surface area contributed by atoms with E-state index in [0.717, 1.165) is 0 Å². The van der Waals surface area contributed by atoms with Gasteiger partial charge in [0.15, 0.2) is 0 Å². The predicted molar refractivity (Wildman–Crippen MR) is 27.4 cm³/mol. The number of rotatable bonds is 2. The summed E-state index contributed by atoms with van der Waals surface area (Å²) in [7, 11) is 0. The predicted octanol–water partition coefficient (Wildman–Crippen LogP) is -1.01. The Morgan fingerprint density at radius 3 is 2.43 bits per heavy atom. The van der Waals surface area contributed by atoms with Crippen LogP contribution in [0.5, 0.6) is 0 Å². The Kier molecular flexibility index (Phi) is 2.96. The highest BCUT2D eigenvalue weighted by molar-refractivity contribution is 5.85. The Morgan fingerprint density at radius 2 is 2.29 bits per heavy atom. The van der Waals surface area contributed by atoms with Gasteiger partial charge < -0.3 is 11.5 Å². The van der Waals surface area contributed by atoms with Gasteiger partial charge in [-0.2, -0.15) is 0 Å². The lowest BCUT2D eigenvalue weighted by Gasteiger charge is -1.75. The van der Waals surface area contributed by atoms with Crippen molar-refractivity contribution < 1.29 is 4.79 Å². The zero-order valence-corrected chi connectivity index (χ0v) is 3.92. The lowest BCUT2D eigenvalue weighted by atomic mass is 10.5. The van der Waals surface area contributed by atoms with Crippen molar-refractivity contribution in [1.29, 1.82) is 0 Å². The maximum atomic E-state index is 9.84. The van der Waals surface area contributed by atoms with Gasteiger partial charge in [-0.05, 0) is 6.08 Å². The molecule has 0 aromatic carbocycles. The smallest absolute Gasteiger partial charge is 0.241 e. The second kappa shape index (κ2) is 3.36. The third kappa shape index (κ3) is 5.17. The topological polar surface area (TPSA) is 69.1 Å². The Labute approximate surface area is 42.0 Å². The van der Waals surface area contributed by atoms with Gasteiger partial charge in [0, 0.05) is 6.54 Å². The Hall–Kier alpha value is -0.830. The molecule has 7 heavy (non-hydrogen) atoms. The van der Waals surface area contributed by atoms with E-state index in [1.54, 1.807) is 0 Å². The first kappa shape index (κ1) is 6.17. The van der Waals surface area contributed by atoms with Crippen LogP contribution in [-0.2, 0) is 4.79 Å². The minimum Gasteiger partial charge on any atom is -0.366 e. The molecular formula is C4H8N2O. The maximum Gasteiger partial charge on any atom is 0.241 e. The monoisotopic (exact) mass is 100 g/mol. The molecule has 0 rings (SSSR count). The van der Waals surface area contributed by atoms with Crippen molar-refractivity contribution >= 4 is 5.91 Å². The van der Waals surface area contributed by atoms with Crippen LogP contribution in [-0.4, -0.2) is 12.5 Å². The summed E-state index contributed by atoms with van der Waals surface area (Å²) in [5.74, 6) is -0.453. The fraction of sp³-hybridized carbons (Fsp3) is 0.250. The van der Waals surface area contributed by atoms with Crippen molar-refractivity contribution in [3.63, 3.8) is 0 Å². The molecule has 0 aliphatic heterocycles. The highest BCUT2D eigenvalue weighted by Gasteiger charge is 1.75. The number of hydrogen-bond donors (Lipinski definition) is 2. The number of nitrogens with two attached hydrogens (primary N) is 2. The average Bonchev–Trinajstić information content (AvgIpc) is 1.61. The van der Waals surface area contributed by atoms with E-state index >= 15 is 0 Å². The van der Waals surface area contributed by atoms with Crippen LogP contribution in [0.1, 0.15) is 0 Å². The summed E-state index contributed by atoms with van der Waals surface area (Å²) in [6, 6.07) is 0. The molecule has 0 atom stereocenters. The molecule has 0 aromatic heterocycles. The Bertz CT molecular complexity index is 87.7. The van der Waals surface area contributed by atoms with Crippen LogP contribution in [0.3, 0.4) is 0 Å². The zero-order valence-electron chi connectivity index (χ0n) is 3.92. The SMILES string of the molecule is NC/C=C\C(N)=O. The first-order valence-electron chi connectivity index (χ1n) is 1.93. The summed E-state index contributed by atoms with van der Waals surface area (Å²) in [5.41, 5.74) is 9.68. The van der Waals surface area contributed by atoms with E-state index in [-0.39, 0.29) is 0 Å². The minimum atomic E-state index is -0.453. The molecular weight excluding hydrogens is 92.1 g/mol. The molecule has 4 N–H and O–H groups in total. The quantitative estimate of drug-likeness (QED) is 0.436. The van der Waals surface area contributed by atoms with Gasteiger partial charge >= 0.3 is 0 Å². The van der Waals surface area contributed by atoms with E-state index in [4.69, 9.17) is 11.5 Å². The molecule has 0 spiro atoms. The molecule has 0 aromatic rings. The number of carbonyl (C=O) groups excluding carboxylic acids is 1. The lowest BCUT2D eigenvalue weighted by molar-refractivity contribution is -0.113. The van der Waals surface area contributed by atoms with Gasteiger partial charge in [-0.15, -0.1) is 0 Å². The fourth-order valence-corrected chi connectivity index (χ4v) is 0.184. The van der Waals surface area contributed by atoms with Crippen LogP contribution in [0.25, 0.3) is 0 Å². The summed E-state index contributed by atoms with van der Waals surface area (Å²) in [4.78, 5) is 9.84. The molecule has 0 fully saturated rings. The standard InChI is InChI=1S/C4H8N2O/c5-3-1-2-4(6)7/h1-2H,3,5H2,(H2,6,7)/b2-1-. The average molecular weight is 100 g/mol. The zero-order chi connectivity index (χ0) is 5.70. The number of primary amides is 1. The summed E-state index contributed by atoms with van der Waals surface area (Å²) < 4.78 is 0. The van der Waals surface area contributed by atoms with Gasteiger partial charge in [0.1, 0.15) is 0 Å². The van der Waals surface area contributed by atoms with Crippen molar-refractivity contribution in [3.8, 4) is 0 Å². The third-order valence-electron chi connectivity index (χ3n) is 0.418. The van der Waals surface area contributed by atoms with Crippen molar-refractivity contribution in [2.45, 2.75) is 0 Å². The van der Waals surface area contributed by atoms with Crippen molar-refractivity contribution in [2.75, 3.05) is 6.54 Å². The summed E-state index contributed by atoms with van der Waals surface area (Å²) in [5, 5.41) is 0. The van der Waals surface area contributed by atoms with E-state index in [9.17, 15) is 4.79 Å². The van der Waals surface area contributed by atoms with Crippen molar-refractivity contribution in [3.05, 3.63) is 12.2 Å². The number of hydrogen-bond acceptors (Lipinski definition) is 2. The lowest BCUT2D eigenvalue weighted by Crippen LogP contribution is -2.06. The van der Waals surface area contributed by atoms with Crippen LogP contribution >= 0.6 is 0 Å². The van der Waals surface area contributed by atoms with E-state index < -0.39 is 5.91 Å². The molecule has 3 nitrogen and oxygen atoms in total. The summed E-state index contributed by atoms with van der Waals surface area (Å²) in [6.07, 6.45) is 2.74. The molecule has 1 amide bonds. The van der Waals surface area contributed by atoms with Gasteiger partial charge in [-0.25, -0.2) is 0 Å². The molecule has 0 radical (unpaired) electrons. The maximum absolute atomic E-state index is 9.84. The highest BCUT2D eigenvalue weighted by Crippen LogP contribution is 1.62. The van der Waals surface area contributed by atoms with Gasteiger partial charge in [-0.1, -0.05) is 6.08 Å². The van der Waals surface area contributed by atoms with E-state index in [2.05, 4.69) is 0 Å². The van der Waals surface area contributed by atoms with Crippen molar-refractivity contribution in [1.82, 2.24) is 0 Å². The molecule has 0 saturated heterocycles. The van der Waals surface area contributed by atoms with Gasteiger partial charge in [-0.3, -0.25) is 4.79 Å². The van der Waals surface area contributed by atoms with Crippen LogP contribution in [0.2, 0.25) is 0 Å². The minimum absolute atomic E-state index is 0.364. The summed E-state index contributed by atoms with van der Waals surface area (Å²) in [6.45, 7) is 0.364. The Balaban J connectivity index is 3.26. The summed E-state index contributed by atoms with van der Waals surface area (Å²) >= 11 is 0. The highest BCUT2D eigenvalue weighted by atomic mass is 16.1. The normalized spacial score (nSPS) is 9.86. The van der Waals surface area contributed by atoms with Gasteiger partial charge in [0.25, 0.3) is 0 Å². The second-order valence-corrected chi connectivity index (χ2v) is 1.04. The molecule has 0 heterocycles. The molecule has 40 valence electrons. The van der Waals surface area contributed by atoms with E-state index in [1.165, 1.54) is 12.2 Å². The van der Waals surface area contributed by atoms with Crippen LogP contribution in [0.4, 0.5) is 0 Å². The fourth-order valence-electron chi connectivity index (χ4n) is 0.184. The van der Waals surface area contributed by atoms with Crippen LogP contribution in [0, 0.1) is 0 Å². The van der Waals surface area contributed by atoms with Gasteiger partial charge in [0.2, 0.25) is 5.91 Å². The van der Waals surface area contributed by atoms with Crippen molar-refractivity contribution in [2.24, 2.45) is 11.5 Å². The molecule has 3 heteroatoms. The molecule has 0 bridgehead atoms. The molecule has 0 unspecified atom stereocenters. The van der Waals surface area contributed by atoms with Gasteiger partial charge in [0.05, 0.1) is 0 Å². The third-order valence-corrected chi connectivity index (χ3v) is 0.418. The van der Waals surface area contributed by atoms with Crippen LogP contribution < -0.4 is 11.5 Å². The number of amides is 1. The largest absolute Gasteiger partial charge is 0.366 e. The second-order valence-electron chi connectivity index (χ2n) is 1.04. The van der Waals surface area contributed by atoms with Crippen LogP contribution in [0.15, 0.2) is 12.2 Å². The van der Waals surface area contributed by atoms with E-state index in [0.29, 0.717) is 6.54 Å².